The van der Waals surface area contributed by atoms with E-state index in [1.54, 1.807) is 6.20 Å². The molecule has 2 aromatic carbocycles. The molecule has 0 aliphatic carbocycles. The second kappa shape index (κ2) is 9.00. The van der Waals surface area contributed by atoms with Crippen molar-refractivity contribution in [2.45, 2.75) is 33.2 Å². The van der Waals surface area contributed by atoms with Gasteiger partial charge in [0.15, 0.2) is 5.65 Å². The first-order valence-electron chi connectivity index (χ1n) is 10.5. The van der Waals surface area contributed by atoms with Crippen LogP contribution >= 0.6 is 0 Å². The van der Waals surface area contributed by atoms with Crippen molar-refractivity contribution in [3.8, 4) is 0 Å². The Balaban J connectivity index is 1.44. The van der Waals surface area contributed by atoms with Gasteiger partial charge in [-0.1, -0.05) is 36.4 Å². The molecule has 31 heavy (non-hydrogen) atoms. The molecule has 0 unspecified atom stereocenters. The maximum atomic E-state index is 12.8. The van der Waals surface area contributed by atoms with Crippen molar-refractivity contribution >= 4 is 22.9 Å². The van der Waals surface area contributed by atoms with Crippen LogP contribution in [0, 0.1) is 13.8 Å². The number of carbonyl (C=O) groups is 1. The van der Waals surface area contributed by atoms with Gasteiger partial charge in [-0.15, -0.1) is 0 Å². The average molecular weight is 414 g/mol. The molecule has 0 fully saturated rings. The van der Waals surface area contributed by atoms with Crippen molar-refractivity contribution in [3.05, 3.63) is 89.4 Å². The Morgan fingerprint density at radius 3 is 2.58 bits per heavy atom. The summed E-state index contributed by atoms with van der Waals surface area (Å²) in [5, 5.41) is 7.43. The van der Waals surface area contributed by atoms with Crippen LogP contribution in [0.2, 0.25) is 0 Å². The lowest BCUT2D eigenvalue weighted by atomic mass is 10.1. The van der Waals surface area contributed by atoms with Crippen molar-refractivity contribution in [2.75, 3.05) is 17.3 Å². The molecule has 0 spiro atoms. The van der Waals surface area contributed by atoms with Crippen LogP contribution in [0.5, 0.6) is 0 Å². The van der Waals surface area contributed by atoms with Crippen molar-refractivity contribution in [1.82, 2.24) is 14.6 Å². The normalized spacial score (nSPS) is 10.9. The fourth-order valence-corrected chi connectivity index (χ4v) is 3.89. The SMILES string of the molecule is Cc1nc2ccnn2c(C)c1CCC(=O)Nc1ccccc1CN(C)c1ccccc1. The average Bonchev–Trinajstić information content (AvgIpc) is 3.24. The van der Waals surface area contributed by atoms with Crippen molar-refractivity contribution in [3.63, 3.8) is 0 Å². The zero-order valence-electron chi connectivity index (χ0n) is 18.2. The van der Waals surface area contributed by atoms with Crippen LogP contribution in [-0.4, -0.2) is 27.6 Å². The highest BCUT2D eigenvalue weighted by atomic mass is 16.1. The molecule has 158 valence electrons. The smallest absolute Gasteiger partial charge is 0.224 e. The molecular formula is C25H27N5O. The molecule has 4 rings (SSSR count). The third kappa shape index (κ3) is 4.58. The number of nitrogens with zero attached hydrogens (tertiary/aromatic N) is 4. The number of anilines is 2. The number of rotatable bonds is 7. The molecule has 2 heterocycles. The molecule has 6 nitrogen and oxygen atoms in total. The first kappa shape index (κ1) is 20.6. The highest BCUT2D eigenvalue weighted by Crippen LogP contribution is 2.21. The minimum Gasteiger partial charge on any atom is -0.370 e. The van der Waals surface area contributed by atoms with Gasteiger partial charge in [0.1, 0.15) is 0 Å². The molecule has 0 bridgehead atoms. The zero-order chi connectivity index (χ0) is 21.8. The van der Waals surface area contributed by atoms with Crippen molar-refractivity contribution < 1.29 is 4.79 Å². The lowest BCUT2D eigenvalue weighted by Gasteiger charge is -2.21. The first-order chi connectivity index (χ1) is 15.0. The number of nitrogens with one attached hydrogen (secondary N) is 1. The molecule has 0 saturated heterocycles. The highest BCUT2D eigenvalue weighted by Gasteiger charge is 2.13. The van der Waals surface area contributed by atoms with Crippen LogP contribution < -0.4 is 10.2 Å². The Morgan fingerprint density at radius 2 is 1.77 bits per heavy atom. The molecule has 0 aliphatic heterocycles. The third-order valence-electron chi connectivity index (χ3n) is 5.59. The summed E-state index contributed by atoms with van der Waals surface area (Å²) in [6, 6.07) is 20.1. The predicted octanol–water partition coefficient (Wildman–Crippen LogP) is 4.55. The van der Waals surface area contributed by atoms with Gasteiger partial charge in [-0.3, -0.25) is 4.79 Å². The minimum absolute atomic E-state index is 0.00539. The predicted molar refractivity (Wildman–Crippen MR) is 124 cm³/mol. The second-order valence-corrected chi connectivity index (χ2v) is 7.76. The maximum Gasteiger partial charge on any atom is 0.224 e. The van der Waals surface area contributed by atoms with Gasteiger partial charge < -0.3 is 10.2 Å². The summed E-state index contributed by atoms with van der Waals surface area (Å²) in [6.07, 6.45) is 2.76. The molecular weight excluding hydrogens is 386 g/mol. The third-order valence-corrected chi connectivity index (χ3v) is 5.59. The number of hydrogen-bond acceptors (Lipinski definition) is 4. The molecule has 0 radical (unpaired) electrons. The molecule has 2 aromatic heterocycles. The lowest BCUT2D eigenvalue weighted by molar-refractivity contribution is -0.116. The van der Waals surface area contributed by atoms with Gasteiger partial charge in [-0.2, -0.15) is 5.10 Å². The van der Waals surface area contributed by atoms with Crippen LogP contribution in [0.3, 0.4) is 0 Å². The fourth-order valence-electron chi connectivity index (χ4n) is 3.89. The summed E-state index contributed by atoms with van der Waals surface area (Å²) < 4.78 is 1.83. The summed E-state index contributed by atoms with van der Waals surface area (Å²) in [5.41, 5.74) is 6.95. The summed E-state index contributed by atoms with van der Waals surface area (Å²) in [4.78, 5) is 19.5. The van der Waals surface area contributed by atoms with Gasteiger partial charge in [0.25, 0.3) is 0 Å². The number of benzene rings is 2. The van der Waals surface area contributed by atoms with Crippen molar-refractivity contribution in [1.29, 1.82) is 0 Å². The Labute approximate surface area is 182 Å². The minimum atomic E-state index is -0.00539. The zero-order valence-corrected chi connectivity index (χ0v) is 18.2. The summed E-state index contributed by atoms with van der Waals surface area (Å²) in [7, 11) is 2.05. The van der Waals surface area contributed by atoms with Crippen LogP contribution in [0.25, 0.3) is 5.65 Å². The quantitative estimate of drug-likeness (QED) is 0.483. The topological polar surface area (TPSA) is 62.5 Å². The monoisotopic (exact) mass is 413 g/mol. The number of aromatic nitrogens is 3. The van der Waals surface area contributed by atoms with E-state index in [1.165, 1.54) is 0 Å². The van der Waals surface area contributed by atoms with Crippen LogP contribution in [0.4, 0.5) is 11.4 Å². The number of fused-ring (bicyclic) bond motifs is 1. The Bertz CT molecular complexity index is 1200. The van der Waals surface area contributed by atoms with Gasteiger partial charge in [0.2, 0.25) is 5.91 Å². The lowest BCUT2D eigenvalue weighted by Crippen LogP contribution is -2.19. The number of amides is 1. The van der Waals surface area contributed by atoms with Gasteiger partial charge >= 0.3 is 0 Å². The highest BCUT2D eigenvalue weighted by molar-refractivity contribution is 5.91. The Morgan fingerprint density at radius 1 is 1.03 bits per heavy atom. The van der Waals surface area contributed by atoms with Crippen LogP contribution in [-0.2, 0) is 17.8 Å². The van der Waals surface area contributed by atoms with E-state index in [-0.39, 0.29) is 5.91 Å². The second-order valence-electron chi connectivity index (χ2n) is 7.76. The molecule has 0 atom stereocenters. The molecule has 0 saturated carbocycles. The molecule has 1 N–H and O–H groups in total. The van der Waals surface area contributed by atoms with Gasteiger partial charge in [0, 0.05) is 48.8 Å². The molecule has 0 aliphatic rings. The van der Waals surface area contributed by atoms with Crippen molar-refractivity contribution in [2.24, 2.45) is 0 Å². The molecule has 4 aromatic rings. The Hall–Kier alpha value is -3.67. The first-order valence-corrected chi connectivity index (χ1v) is 10.5. The van der Waals surface area contributed by atoms with E-state index in [1.807, 2.05) is 60.8 Å². The number of para-hydroxylation sites is 2. The van der Waals surface area contributed by atoms with E-state index in [0.29, 0.717) is 19.4 Å². The molecule has 1 amide bonds. The standard InChI is InChI=1S/C25H27N5O/c1-18-22(19(2)30-24(27-18)15-16-26-30)13-14-25(31)28-23-12-8-7-9-20(23)17-29(3)21-10-5-4-6-11-21/h4-12,15-16H,13-14,17H2,1-3H3,(H,28,31). The number of carbonyl (C=O) groups excluding carboxylic acids is 1. The van der Waals surface area contributed by atoms with E-state index in [0.717, 1.165) is 39.5 Å². The largest absolute Gasteiger partial charge is 0.370 e. The van der Waals surface area contributed by atoms with E-state index in [2.05, 4.69) is 45.5 Å². The summed E-state index contributed by atoms with van der Waals surface area (Å²) in [6.45, 7) is 4.72. The fraction of sp³-hybridized carbons (Fsp3) is 0.240. The molecule has 6 heteroatoms. The van der Waals surface area contributed by atoms with E-state index >= 15 is 0 Å². The van der Waals surface area contributed by atoms with Gasteiger partial charge in [-0.25, -0.2) is 9.50 Å². The van der Waals surface area contributed by atoms with Gasteiger partial charge in [-0.05, 0) is 49.6 Å². The van der Waals surface area contributed by atoms with Crippen LogP contribution in [0.15, 0.2) is 66.9 Å². The number of aryl methyl sites for hydroxylation is 2. The summed E-state index contributed by atoms with van der Waals surface area (Å²) in [5.74, 6) is -0.00539. The Kier molecular flexibility index (Phi) is 5.98. The van der Waals surface area contributed by atoms with Crippen LogP contribution in [0.1, 0.15) is 28.9 Å². The van der Waals surface area contributed by atoms with Gasteiger partial charge in [0.05, 0.1) is 6.20 Å². The number of hydrogen-bond donors (Lipinski definition) is 1. The van der Waals surface area contributed by atoms with E-state index in [4.69, 9.17) is 0 Å². The van der Waals surface area contributed by atoms with E-state index in [9.17, 15) is 4.79 Å². The summed E-state index contributed by atoms with van der Waals surface area (Å²) >= 11 is 0. The maximum absolute atomic E-state index is 12.8. The van der Waals surface area contributed by atoms with E-state index < -0.39 is 0 Å².